The van der Waals surface area contributed by atoms with E-state index in [9.17, 15) is 4.79 Å². The van der Waals surface area contributed by atoms with Crippen molar-refractivity contribution in [3.8, 4) is 0 Å². The van der Waals surface area contributed by atoms with Crippen molar-refractivity contribution in [1.29, 1.82) is 0 Å². The van der Waals surface area contributed by atoms with E-state index in [1.54, 1.807) is 0 Å². The van der Waals surface area contributed by atoms with Gasteiger partial charge in [0.15, 0.2) is 0 Å². The smallest absolute Gasteiger partial charge is 0.230 e. The van der Waals surface area contributed by atoms with Crippen LogP contribution in [0.5, 0.6) is 0 Å². The summed E-state index contributed by atoms with van der Waals surface area (Å²) in [6, 6.07) is 12.9. The third-order valence-electron chi connectivity index (χ3n) is 6.90. The fourth-order valence-electron chi connectivity index (χ4n) is 5.30. The molecule has 2 atom stereocenters. The van der Waals surface area contributed by atoms with Crippen LogP contribution >= 0.6 is 0 Å². The van der Waals surface area contributed by atoms with Crippen molar-refractivity contribution in [3.63, 3.8) is 0 Å². The molecule has 2 aromatic heterocycles. The molecule has 2 aliphatic rings. The Labute approximate surface area is 183 Å². The van der Waals surface area contributed by atoms with Gasteiger partial charge in [0.25, 0.3) is 0 Å². The average molecular weight is 415 g/mol. The molecular formula is C26H30N4O. The molecule has 1 N–H and O–H groups in total. The lowest BCUT2D eigenvalue weighted by Gasteiger charge is -2.42. The van der Waals surface area contributed by atoms with Gasteiger partial charge in [0.05, 0.1) is 5.92 Å². The van der Waals surface area contributed by atoms with E-state index in [1.807, 2.05) is 23.2 Å². The minimum Gasteiger partial charge on any atom is -0.361 e. The molecule has 1 aliphatic carbocycles. The molecule has 1 aliphatic heterocycles. The van der Waals surface area contributed by atoms with E-state index in [4.69, 9.17) is 0 Å². The van der Waals surface area contributed by atoms with E-state index >= 15 is 0 Å². The van der Waals surface area contributed by atoms with Crippen LogP contribution in [0.1, 0.15) is 30.7 Å². The lowest BCUT2D eigenvalue weighted by atomic mass is 9.79. The van der Waals surface area contributed by atoms with Crippen molar-refractivity contribution in [2.45, 2.75) is 32.7 Å². The Morgan fingerprint density at radius 1 is 1.19 bits per heavy atom. The largest absolute Gasteiger partial charge is 0.361 e. The molecule has 0 unspecified atom stereocenters. The summed E-state index contributed by atoms with van der Waals surface area (Å²) in [5, 5.41) is 1.32. The zero-order valence-corrected chi connectivity index (χ0v) is 18.3. The topological polar surface area (TPSA) is 52.2 Å². The van der Waals surface area contributed by atoms with Gasteiger partial charge in [0.2, 0.25) is 5.91 Å². The number of amides is 1. The minimum absolute atomic E-state index is 0.106. The first-order chi connectivity index (χ1) is 15.2. The van der Waals surface area contributed by atoms with Crippen LogP contribution in [0.4, 0.5) is 0 Å². The molecule has 0 saturated carbocycles. The molecule has 0 bridgehead atoms. The van der Waals surface area contributed by atoms with Gasteiger partial charge in [-0.15, -0.1) is 0 Å². The maximum Gasteiger partial charge on any atom is 0.230 e. The molecule has 0 spiro atoms. The van der Waals surface area contributed by atoms with Crippen LogP contribution in [0.15, 0.2) is 54.9 Å². The summed E-state index contributed by atoms with van der Waals surface area (Å²) in [4.78, 5) is 25.8. The number of aromatic nitrogens is 2. The maximum atomic E-state index is 13.3. The van der Waals surface area contributed by atoms with E-state index < -0.39 is 0 Å². The lowest BCUT2D eigenvalue weighted by Crippen LogP contribution is -2.49. The van der Waals surface area contributed by atoms with E-state index in [0.29, 0.717) is 6.04 Å². The number of pyridine rings is 1. The molecule has 31 heavy (non-hydrogen) atoms. The SMILES string of the molecule is CCN(CC)C(=O)[C@@H]1C=C2c3cccc4[nH]cc(c34)C[C@H]2N(CCc2ccccn2)C1. The van der Waals surface area contributed by atoms with E-state index in [1.165, 1.54) is 27.6 Å². The molecular weight excluding hydrogens is 384 g/mol. The molecule has 5 rings (SSSR count). The van der Waals surface area contributed by atoms with E-state index in [0.717, 1.165) is 44.7 Å². The number of nitrogens with one attached hydrogen (secondary N) is 1. The Hall–Kier alpha value is -2.92. The van der Waals surface area contributed by atoms with Crippen molar-refractivity contribution >= 4 is 22.4 Å². The normalized spacial score (nSPS) is 20.4. The van der Waals surface area contributed by atoms with Crippen LogP contribution < -0.4 is 0 Å². The number of aromatic amines is 1. The Bertz CT molecular complexity index is 1110. The summed E-state index contributed by atoms with van der Waals surface area (Å²) in [5.74, 6) is 0.136. The maximum absolute atomic E-state index is 13.3. The number of benzene rings is 1. The van der Waals surface area contributed by atoms with Gasteiger partial charge in [-0.25, -0.2) is 0 Å². The van der Waals surface area contributed by atoms with Gasteiger partial charge >= 0.3 is 0 Å². The van der Waals surface area contributed by atoms with Gasteiger partial charge < -0.3 is 9.88 Å². The van der Waals surface area contributed by atoms with Crippen LogP contribution in [0.2, 0.25) is 0 Å². The fraction of sp³-hybridized carbons (Fsp3) is 0.385. The summed E-state index contributed by atoms with van der Waals surface area (Å²) >= 11 is 0. The van der Waals surface area contributed by atoms with Gasteiger partial charge in [-0.3, -0.25) is 14.7 Å². The Morgan fingerprint density at radius 3 is 2.84 bits per heavy atom. The molecule has 0 fully saturated rings. The number of hydrogen-bond acceptors (Lipinski definition) is 3. The molecule has 1 aromatic carbocycles. The third kappa shape index (κ3) is 3.57. The van der Waals surface area contributed by atoms with Gasteiger partial charge in [-0.05, 0) is 55.2 Å². The molecule has 1 amide bonds. The first-order valence-corrected chi connectivity index (χ1v) is 11.4. The third-order valence-corrected chi connectivity index (χ3v) is 6.90. The summed E-state index contributed by atoms with van der Waals surface area (Å²) in [6.45, 7) is 7.30. The van der Waals surface area contributed by atoms with E-state index in [2.05, 4.69) is 65.3 Å². The fourth-order valence-corrected chi connectivity index (χ4v) is 5.30. The molecule has 5 heteroatoms. The second kappa shape index (κ2) is 8.31. The average Bonchev–Trinajstić information content (AvgIpc) is 3.23. The van der Waals surface area contributed by atoms with Gasteiger partial charge in [0.1, 0.15) is 0 Å². The second-order valence-corrected chi connectivity index (χ2v) is 8.57. The van der Waals surface area contributed by atoms with Crippen LogP contribution in [0, 0.1) is 5.92 Å². The summed E-state index contributed by atoms with van der Waals surface area (Å²) < 4.78 is 0. The zero-order chi connectivity index (χ0) is 21.4. The molecule has 0 radical (unpaired) electrons. The van der Waals surface area contributed by atoms with Crippen LogP contribution in [-0.4, -0.2) is 57.9 Å². The number of H-pyrrole nitrogens is 1. The Morgan fingerprint density at radius 2 is 2.06 bits per heavy atom. The summed E-state index contributed by atoms with van der Waals surface area (Å²) in [5.41, 5.74) is 6.26. The molecule has 3 aromatic rings. The standard InChI is InChI=1S/C26H30N4O/c1-3-29(4-2)26(31)19-14-22-21-9-7-10-23-25(21)18(16-28-23)15-24(22)30(17-19)13-11-20-8-5-6-12-27-20/h5-10,12,14,16,19,24,28H,3-4,11,13,15,17H2,1-2H3/t19-,24-/m1/s1. The number of hydrogen-bond donors (Lipinski definition) is 1. The molecule has 0 saturated heterocycles. The number of nitrogens with zero attached hydrogens (tertiary/aromatic N) is 3. The first kappa shape index (κ1) is 20.0. The van der Waals surface area contributed by atoms with E-state index in [-0.39, 0.29) is 11.8 Å². The van der Waals surface area contributed by atoms with Crippen molar-refractivity contribution in [1.82, 2.24) is 19.8 Å². The van der Waals surface area contributed by atoms with Crippen molar-refractivity contribution in [2.24, 2.45) is 5.92 Å². The number of carbonyl (C=O) groups is 1. The van der Waals surface area contributed by atoms with Gasteiger partial charge in [0, 0.05) is 67.6 Å². The number of rotatable bonds is 6. The van der Waals surface area contributed by atoms with Gasteiger partial charge in [-0.2, -0.15) is 0 Å². The van der Waals surface area contributed by atoms with Crippen molar-refractivity contribution < 1.29 is 4.79 Å². The van der Waals surface area contributed by atoms with Crippen LogP contribution in [0.25, 0.3) is 16.5 Å². The molecule has 3 heterocycles. The summed E-state index contributed by atoms with van der Waals surface area (Å²) in [6.07, 6.45) is 8.16. The summed E-state index contributed by atoms with van der Waals surface area (Å²) in [7, 11) is 0. The highest BCUT2D eigenvalue weighted by atomic mass is 16.2. The molecule has 160 valence electrons. The minimum atomic E-state index is -0.106. The van der Waals surface area contributed by atoms with Gasteiger partial charge in [-0.1, -0.05) is 24.3 Å². The number of carbonyl (C=O) groups excluding carboxylic acids is 1. The lowest BCUT2D eigenvalue weighted by molar-refractivity contribution is -0.134. The highest BCUT2D eigenvalue weighted by Crippen LogP contribution is 2.41. The monoisotopic (exact) mass is 414 g/mol. The predicted octanol–water partition coefficient (Wildman–Crippen LogP) is 3.91. The van der Waals surface area contributed by atoms with Crippen molar-refractivity contribution in [2.75, 3.05) is 26.2 Å². The highest BCUT2D eigenvalue weighted by Gasteiger charge is 2.37. The quantitative estimate of drug-likeness (QED) is 0.665. The number of fused-ring (bicyclic) bond motifs is 2. The van der Waals surface area contributed by atoms with Crippen LogP contribution in [-0.2, 0) is 17.6 Å². The van der Waals surface area contributed by atoms with Crippen molar-refractivity contribution in [3.05, 3.63) is 71.7 Å². The van der Waals surface area contributed by atoms with Crippen LogP contribution in [0.3, 0.4) is 0 Å². The highest BCUT2D eigenvalue weighted by molar-refractivity contribution is 5.99. The Balaban J connectivity index is 1.52. The Kier molecular flexibility index (Phi) is 5.36. The first-order valence-electron chi connectivity index (χ1n) is 11.4. The zero-order valence-electron chi connectivity index (χ0n) is 18.3. The molecule has 5 nitrogen and oxygen atoms in total. The second-order valence-electron chi connectivity index (χ2n) is 8.57. The predicted molar refractivity (Wildman–Crippen MR) is 125 cm³/mol.